The fourth-order valence-corrected chi connectivity index (χ4v) is 3.73. The third-order valence-electron chi connectivity index (χ3n) is 5.21. The Labute approximate surface area is 156 Å². The monoisotopic (exact) mass is 369 g/mol. The summed E-state index contributed by atoms with van der Waals surface area (Å²) in [6, 6.07) is 9.60. The van der Waals surface area contributed by atoms with Gasteiger partial charge < -0.3 is 9.80 Å². The number of anilines is 2. The van der Waals surface area contributed by atoms with E-state index in [4.69, 9.17) is 0 Å². The normalized spacial score (nSPS) is 16.9. The molecule has 0 spiro atoms. The average molecular weight is 369 g/mol. The van der Waals surface area contributed by atoms with E-state index in [0.717, 1.165) is 36.1 Å². The summed E-state index contributed by atoms with van der Waals surface area (Å²) in [5, 5.41) is 4.38. The maximum atomic E-state index is 12.6. The molecule has 1 aromatic heterocycles. The van der Waals surface area contributed by atoms with Crippen LogP contribution in [0.1, 0.15) is 25.7 Å². The fraction of sp³-hybridized carbons (Fsp3) is 0.474. The minimum atomic E-state index is -0.739. The van der Waals surface area contributed by atoms with Crippen molar-refractivity contribution < 1.29 is 4.79 Å². The van der Waals surface area contributed by atoms with Crippen LogP contribution in [-0.4, -0.2) is 44.8 Å². The van der Waals surface area contributed by atoms with E-state index >= 15 is 0 Å². The smallest absolute Gasteiger partial charge is 0.333 e. The van der Waals surface area contributed by atoms with Crippen molar-refractivity contribution in [2.24, 2.45) is 0 Å². The van der Waals surface area contributed by atoms with Crippen LogP contribution in [0.2, 0.25) is 0 Å². The van der Waals surface area contributed by atoms with Crippen molar-refractivity contribution in [1.29, 1.82) is 0 Å². The number of amides is 1. The molecule has 0 N–H and O–H groups in total. The van der Waals surface area contributed by atoms with Crippen LogP contribution in [0.5, 0.6) is 0 Å². The molecule has 0 aliphatic carbocycles. The third-order valence-corrected chi connectivity index (χ3v) is 5.21. The lowest BCUT2D eigenvalue weighted by Gasteiger charge is -2.21. The molecule has 2 aliphatic heterocycles. The Balaban J connectivity index is 1.65. The summed E-state index contributed by atoms with van der Waals surface area (Å²) in [5.74, 6) is 0.259. The van der Waals surface area contributed by atoms with Crippen LogP contribution in [0.4, 0.5) is 11.6 Å². The van der Waals surface area contributed by atoms with Crippen LogP contribution in [0.3, 0.4) is 0 Å². The highest BCUT2D eigenvalue weighted by atomic mass is 16.2. The lowest BCUT2D eigenvalue weighted by molar-refractivity contribution is -0.132. The zero-order valence-electron chi connectivity index (χ0n) is 15.2. The van der Waals surface area contributed by atoms with Gasteiger partial charge in [-0.1, -0.05) is 31.0 Å². The molecule has 0 radical (unpaired) electrons. The predicted octanol–water partition coefficient (Wildman–Crippen LogP) is 0.959. The Morgan fingerprint density at radius 2 is 1.59 bits per heavy atom. The third kappa shape index (κ3) is 3.39. The Hall–Kier alpha value is -2.90. The van der Waals surface area contributed by atoms with E-state index in [1.54, 1.807) is 4.90 Å². The van der Waals surface area contributed by atoms with Crippen molar-refractivity contribution in [3.8, 4) is 0 Å². The second-order valence-electron chi connectivity index (χ2n) is 7.00. The summed E-state index contributed by atoms with van der Waals surface area (Å²) in [7, 11) is 0. The number of carbonyl (C=O) groups excluding carboxylic acids is 1. The number of fused-ring (bicyclic) bond motifs is 1. The first-order valence-electron chi connectivity index (χ1n) is 9.47. The Kier molecular flexibility index (Phi) is 4.79. The molecule has 0 saturated carbocycles. The standard InChI is InChI=1S/C19H23N5O3/c25-16(21-10-6-1-2-7-11-21)14-24-18(27)17(26)23-13-12-22(19(23)20-24)15-8-4-3-5-9-15/h3-5,8-9H,1-2,6-7,10-14H2. The fourth-order valence-electron chi connectivity index (χ4n) is 3.73. The van der Waals surface area contributed by atoms with Gasteiger partial charge in [0.05, 0.1) is 0 Å². The van der Waals surface area contributed by atoms with Gasteiger partial charge in [0.15, 0.2) is 0 Å². The zero-order chi connectivity index (χ0) is 18.8. The van der Waals surface area contributed by atoms with Crippen molar-refractivity contribution in [2.45, 2.75) is 38.8 Å². The van der Waals surface area contributed by atoms with Crippen molar-refractivity contribution in [2.75, 3.05) is 24.5 Å². The van der Waals surface area contributed by atoms with Gasteiger partial charge in [-0.25, -0.2) is 4.68 Å². The van der Waals surface area contributed by atoms with E-state index in [0.29, 0.717) is 32.1 Å². The number of rotatable bonds is 3. The molecule has 0 bridgehead atoms. The van der Waals surface area contributed by atoms with Gasteiger partial charge in [-0.05, 0) is 25.0 Å². The molecule has 3 heterocycles. The molecular formula is C19H23N5O3. The summed E-state index contributed by atoms with van der Waals surface area (Å²) in [6.45, 7) is 2.19. The molecule has 1 fully saturated rings. The summed E-state index contributed by atoms with van der Waals surface area (Å²) in [6.07, 6.45) is 4.19. The van der Waals surface area contributed by atoms with Crippen molar-refractivity contribution in [3.63, 3.8) is 0 Å². The predicted molar refractivity (Wildman–Crippen MR) is 101 cm³/mol. The van der Waals surface area contributed by atoms with E-state index < -0.39 is 11.1 Å². The van der Waals surface area contributed by atoms with Gasteiger partial charge in [-0.2, -0.15) is 0 Å². The molecule has 27 heavy (non-hydrogen) atoms. The number of hydrogen-bond acceptors (Lipinski definition) is 5. The largest absolute Gasteiger partial charge is 0.341 e. The van der Waals surface area contributed by atoms with Gasteiger partial charge >= 0.3 is 11.1 Å². The molecule has 1 aromatic carbocycles. The van der Waals surface area contributed by atoms with Gasteiger partial charge in [-0.15, -0.1) is 5.10 Å². The Bertz CT molecular complexity index is 942. The minimum absolute atomic E-state index is 0.153. The molecule has 8 heteroatoms. The topological polar surface area (TPSA) is 80.4 Å². The number of benzene rings is 1. The number of hydrogen-bond donors (Lipinski definition) is 0. The maximum Gasteiger partial charge on any atom is 0.333 e. The summed E-state index contributed by atoms with van der Waals surface area (Å²) in [4.78, 5) is 41.3. The quantitative estimate of drug-likeness (QED) is 0.753. The molecule has 0 unspecified atom stereocenters. The second-order valence-corrected chi connectivity index (χ2v) is 7.00. The molecular weight excluding hydrogens is 346 g/mol. The summed E-state index contributed by atoms with van der Waals surface area (Å²) >= 11 is 0. The van der Waals surface area contributed by atoms with E-state index in [1.807, 2.05) is 35.2 Å². The number of nitrogens with zero attached hydrogens (tertiary/aromatic N) is 5. The SMILES string of the molecule is O=C(Cn1nc2n(c(=O)c1=O)CCN2c1ccccc1)N1CCCCCC1. The highest BCUT2D eigenvalue weighted by molar-refractivity contribution is 5.76. The first-order valence-corrected chi connectivity index (χ1v) is 9.47. The van der Waals surface area contributed by atoms with Gasteiger partial charge in [0.2, 0.25) is 11.9 Å². The van der Waals surface area contributed by atoms with Crippen LogP contribution >= 0.6 is 0 Å². The first kappa shape index (κ1) is 17.5. The average Bonchev–Trinajstić information content (AvgIpc) is 2.92. The van der Waals surface area contributed by atoms with Gasteiger partial charge in [0, 0.05) is 31.9 Å². The number of likely N-dealkylation sites (tertiary alicyclic amines) is 1. The lowest BCUT2D eigenvalue weighted by Crippen LogP contribution is -2.45. The van der Waals surface area contributed by atoms with Crippen LogP contribution < -0.4 is 16.0 Å². The van der Waals surface area contributed by atoms with Crippen LogP contribution in [0.25, 0.3) is 0 Å². The Morgan fingerprint density at radius 3 is 2.30 bits per heavy atom. The highest BCUT2D eigenvalue weighted by Gasteiger charge is 2.27. The molecule has 1 amide bonds. The van der Waals surface area contributed by atoms with Crippen molar-refractivity contribution in [1.82, 2.24) is 19.2 Å². The molecule has 2 aliphatic rings. The van der Waals surface area contributed by atoms with E-state index in [-0.39, 0.29) is 12.5 Å². The number of carbonyl (C=O) groups is 1. The molecule has 8 nitrogen and oxygen atoms in total. The number of aromatic nitrogens is 3. The summed E-state index contributed by atoms with van der Waals surface area (Å²) < 4.78 is 2.42. The van der Waals surface area contributed by atoms with Crippen LogP contribution in [0.15, 0.2) is 39.9 Å². The Morgan fingerprint density at radius 1 is 0.889 bits per heavy atom. The highest BCUT2D eigenvalue weighted by Crippen LogP contribution is 2.25. The van der Waals surface area contributed by atoms with Crippen molar-refractivity contribution in [3.05, 3.63) is 51.0 Å². The molecule has 1 saturated heterocycles. The molecule has 2 aromatic rings. The van der Waals surface area contributed by atoms with Gasteiger partial charge in [0.25, 0.3) is 0 Å². The van der Waals surface area contributed by atoms with Crippen LogP contribution in [-0.2, 0) is 17.9 Å². The first-order chi connectivity index (χ1) is 13.1. The van der Waals surface area contributed by atoms with E-state index in [2.05, 4.69) is 5.10 Å². The van der Waals surface area contributed by atoms with Crippen LogP contribution in [0, 0.1) is 0 Å². The zero-order valence-corrected chi connectivity index (χ0v) is 15.2. The van der Waals surface area contributed by atoms with E-state index in [1.165, 1.54) is 4.57 Å². The maximum absolute atomic E-state index is 12.6. The molecule has 142 valence electrons. The number of para-hydroxylation sites is 1. The molecule has 4 rings (SSSR count). The second kappa shape index (κ2) is 7.38. The van der Waals surface area contributed by atoms with Gasteiger partial charge in [-0.3, -0.25) is 19.0 Å². The lowest BCUT2D eigenvalue weighted by atomic mass is 10.2. The minimum Gasteiger partial charge on any atom is -0.341 e. The summed E-state index contributed by atoms with van der Waals surface area (Å²) in [5.41, 5.74) is -0.460. The van der Waals surface area contributed by atoms with E-state index in [9.17, 15) is 14.4 Å². The molecule has 0 atom stereocenters. The van der Waals surface area contributed by atoms with Crippen molar-refractivity contribution >= 4 is 17.5 Å². The van der Waals surface area contributed by atoms with Gasteiger partial charge in [0.1, 0.15) is 6.54 Å².